The minimum absolute atomic E-state index is 0.251. The molecule has 0 amide bonds. The number of nitrogens with zero attached hydrogens (tertiary/aromatic N) is 2. The van der Waals surface area contributed by atoms with E-state index in [0.29, 0.717) is 25.3 Å². The minimum atomic E-state index is -0.437. The highest BCUT2D eigenvalue weighted by molar-refractivity contribution is 5.62. The van der Waals surface area contributed by atoms with Crippen LogP contribution in [-0.4, -0.2) is 22.6 Å². The lowest BCUT2D eigenvalue weighted by Crippen LogP contribution is -2.38. The first kappa shape index (κ1) is 17.1. The van der Waals surface area contributed by atoms with Crippen LogP contribution < -0.4 is 21.9 Å². The Hall–Kier alpha value is -1.98. The predicted molar refractivity (Wildman–Crippen MR) is 88.0 cm³/mol. The minimum Gasteiger partial charge on any atom is -0.383 e. The van der Waals surface area contributed by atoms with Gasteiger partial charge in [-0.1, -0.05) is 25.0 Å². The fourth-order valence-corrected chi connectivity index (χ4v) is 2.09. The van der Waals surface area contributed by atoms with Gasteiger partial charge in [0.15, 0.2) is 0 Å². The van der Waals surface area contributed by atoms with E-state index in [1.807, 2.05) is 38.7 Å². The zero-order chi connectivity index (χ0) is 16.0. The summed E-state index contributed by atoms with van der Waals surface area (Å²) in [5, 5.41) is 0. The molecule has 0 radical (unpaired) electrons. The van der Waals surface area contributed by atoms with Crippen molar-refractivity contribution in [1.82, 2.24) is 9.55 Å². The van der Waals surface area contributed by atoms with Crippen LogP contribution in [0.25, 0.3) is 0 Å². The molecule has 0 aliphatic rings. The number of rotatable bonds is 7. The van der Waals surface area contributed by atoms with Crippen LogP contribution in [0.15, 0.2) is 21.2 Å². The Balaban J connectivity index is 3.30. The van der Waals surface area contributed by atoms with Crippen molar-refractivity contribution in [1.29, 1.82) is 0 Å². The third-order valence-electron chi connectivity index (χ3n) is 3.37. The van der Waals surface area contributed by atoms with Gasteiger partial charge in [-0.15, -0.1) is 0 Å². The standard InChI is InChI=1S/C15H26N4O2/c1-5-7-9-19-13(16)12(14(20)17-15(19)21)18(6-2)10-8-11(3)4/h8H,5-7,9-10,16H2,1-4H3,(H,17,20,21). The van der Waals surface area contributed by atoms with Gasteiger partial charge in [0.05, 0.1) is 0 Å². The average Bonchev–Trinajstić information content (AvgIpc) is 2.41. The summed E-state index contributed by atoms with van der Waals surface area (Å²) in [7, 11) is 0. The van der Waals surface area contributed by atoms with Crippen LogP contribution >= 0.6 is 0 Å². The van der Waals surface area contributed by atoms with E-state index in [-0.39, 0.29) is 5.82 Å². The van der Waals surface area contributed by atoms with Gasteiger partial charge >= 0.3 is 5.69 Å². The highest BCUT2D eigenvalue weighted by Crippen LogP contribution is 2.16. The summed E-state index contributed by atoms with van der Waals surface area (Å²) < 4.78 is 1.45. The smallest absolute Gasteiger partial charge is 0.330 e. The normalized spacial score (nSPS) is 10.5. The number of nitrogen functional groups attached to an aromatic ring is 1. The summed E-state index contributed by atoms with van der Waals surface area (Å²) in [6.45, 7) is 9.76. The van der Waals surface area contributed by atoms with E-state index in [1.165, 1.54) is 10.1 Å². The predicted octanol–water partition coefficient (Wildman–Crippen LogP) is 1.71. The first-order valence-corrected chi connectivity index (χ1v) is 7.43. The molecule has 0 saturated carbocycles. The van der Waals surface area contributed by atoms with Crippen molar-refractivity contribution in [2.24, 2.45) is 0 Å². The fourth-order valence-electron chi connectivity index (χ4n) is 2.09. The Morgan fingerprint density at radius 1 is 1.33 bits per heavy atom. The highest BCUT2D eigenvalue weighted by atomic mass is 16.2. The average molecular weight is 294 g/mol. The van der Waals surface area contributed by atoms with E-state index in [1.54, 1.807) is 0 Å². The van der Waals surface area contributed by atoms with E-state index in [9.17, 15) is 9.59 Å². The molecular weight excluding hydrogens is 268 g/mol. The second-order valence-electron chi connectivity index (χ2n) is 5.32. The molecular formula is C15H26N4O2. The van der Waals surface area contributed by atoms with Gasteiger partial charge in [0.2, 0.25) is 0 Å². The molecule has 1 aromatic rings. The molecule has 3 N–H and O–H groups in total. The number of H-pyrrole nitrogens is 1. The van der Waals surface area contributed by atoms with Crippen molar-refractivity contribution < 1.29 is 0 Å². The van der Waals surface area contributed by atoms with Gasteiger partial charge in [-0.2, -0.15) is 0 Å². The number of likely N-dealkylation sites (N-methyl/N-ethyl adjacent to an activating group) is 1. The fraction of sp³-hybridized carbons (Fsp3) is 0.600. The lowest BCUT2D eigenvalue weighted by molar-refractivity contribution is 0.603. The number of aromatic amines is 1. The van der Waals surface area contributed by atoms with Crippen molar-refractivity contribution in [3.63, 3.8) is 0 Å². The zero-order valence-corrected chi connectivity index (χ0v) is 13.4. The number of hydrogen-bond donors (Lipinski definition) is 2. The Kier molecular flexibility index (Phi) is 6.27. The maximum Gasteiger partial charge on any atom is 0.330 e. The number of aromatic nitrogens is 2. The van der Waals surface area contributed by atoms with Crippen LogP contribution in [0.5, 0.6) is 0 Å². The number of nitrogens with one attached hydrogen (secondary N) is 1. The molecule has 0 unspecified atom stereocenters. The van der Waals surface area contributed by atoms with Gasteiger partial charge in [-0.3, -0.25) is 14.3 Å². The number of anilines is 2. The lowest BCUT2D eigenvalue weighted by Gasteiger charge is -2.23. The molecule has 0 saturated heterocycles. The SMILES string of the molecule is CCCCn1c(N)c(N(CC)CC=C(C)C)c(=O)[nH]c1=O. The van der Waals surface area contributed by atoms with Gasteiger partial charge in [-0.25, -0.2) is 4.79 Å². The summed E-state index contributed by atoms with van der Waals surface area (Å²) in [6, 6.07) is 0. The third kappa shape index (κ3) is 4.24. The second kappa shape index (κ2) is 7.71. The van der Waals surface area contributed by atoms with Crippen molar-refractivity contribution in [2.75, 3.05) is 23.7 Å². The van der Waals surface area contributed by atoms with E-state index in [0.717, 1.165) is 12.8 Å². The molecule has 0 atom stereocenters. The Morgan fingerprint density at radius 3 is 2.52 bits per heavy atom. The summed E-state index contributed by atoms with van der Waals surface area (Å²) in [4.78, 5) is 28.3. The summed E-state index contributed by atoms with van der Waals surface area (Å²) in [5.74, 6) is 0.251. The molecule has 1 aromatic heterocycles. The van der Waals surface area contributed by atoms with E-state index in [2.05, 4.69) is 4.98 Å². The molecule has 0 aromatic carbocycles. The molecule has 0 aliphatic carbocycles. The van der Waals surface area contributed by atoms with Crippen molar-refractivity contribution >= 4 is 11.5 Å². The van der Waals surface area contributed by atoms with Gasteiger partial charge in [0, 0.05) is 19.6 Å². The lowest BCUT2D eigenvalue weighted by atomic mass is 10.3. The number of nitrogens with two attached hydrogens (primary N) is 1. The van der Waals surface area contributed by atoms with Gasteiger partial charge in [0.1, 0.15) is 11.5 Å². The Bertz CT molecular complexity index is 609. The van der Waals surface area contributed by atoms with E-state index >= 15 is 0 Å². The summed E-state index contributed by atoms with van der Waals surface area (Å²) >= 11 is 0. The van der Waals surface area contributed by atoms with E-state index < -0.39 is 11.2 Å². The molecule has 1 rings (SSSR count). The van der Waals surface area contributed by atoms with Crippen LogP contribution in [0.1, 0.15) is 40.5 Å². The summed E-state index contributed by atoms with van der Waals surface area (Å²) in [5.41, 5.74) is 6.78. The number of unbranched alkanes of at least 4 members (excludes halogenated alkanes) is 1. The molecule has 118 valence electrons. The largest absolute Gasteiger partial charge is 0.383 e. The first-order chi connectivity index (χ1) is 9.92. The second-order valence-corrected chi connectivity index (χ2v) is 5.32. The molecule has 6 nitrogen and oxygen atoms in total. The van der Waals surface area contributed by atoms with Gasteiger partial charge < -0.3 is 10.6 Å². The van der Waals surface area contributed by atoms with Crippen molar-refractivity contribution in [2.45, 2.75) is 47.1 Å². The molecule has 0 spiro atoms. The molecule has 0 bridgehead atoms. The number of hydrogen-bond acceptors (Lipinski definition) is 4. The van der Waals surface area contributed by atoms with Crippen LogP contribution in [0.3, 0.4) is 0 Å². The van der Waals surface area contributed by atoms with E-state index in [4.69, 9.17) is 5.73 Å². The Morgan fingerprint density at radius 2 is 2.00 bits per heavy atom. The van der Waals surface area contributed by atoms with Crippen LogP contribution in [-0.2, 0) is 6.54 Å². The maximum absolute atomic E-state index is 12.1. The van der Waals surface area contributed by atoms with Crippen LogP contribution in [0, 0.1) is 0 Å². The molecule has 6 heteroatoms. The van der Waals surface area contributed by atoms with Gasteiger partial charge in [0.25, 0.3) is 5.56 Å². The number of allylic oxidation sites excluding steroid dienone is 1. The monoisotopic (exact) mass is 294 g/mol. The van der Waals surface area contributed by atoms with Crippen molar-refractivity contribution in [3.8, 4) is 0 Å². The maximum atomic E-state index is 12.1. The van der Waals surface area contributed by atoms with Crippen molar-refractivity contribution in [3.05, 3.63) is 32.5 Å². The van der Waals surface area contributed by atoms with Gasteiger partial charge in [-0.05, 0) is 27.2 Å². The molecule has 0 fully saturated rings. The summed E-state index contributed by atoms with van der Waals surface area (Å²) in [6.07, 6.45) is 3.83. The third-order valence-corrected chi connectivity index (χ3v) is 3.37. The van der Waals surface area contributed by atoms with Crippen LogP contribution in [0.2, 0.25) is 0 Å². The molecule has 21 heavy (non-hydrogen) atoms. The first-order valence-electron chi connectivity index (χ1n) is 7.43. The highest BCUT2D eigenvalue weighted by Gasteiger charge is 2.16. The molecule has 0 aliphatic heterocycles. The van der Waals surface area contributed by atoms with Crippen LogP contribution in [0.4, 0.5) is 11.5 Å². The zero-order valence-electron chi connectivity index (χ0n) is 13.4. The topological polar surface area (TPSA) is 84.1 Å². The Labute approximate surface area is 125 Å². The quantitative estimate of drug-likeness (QED) is 0.750. The molecule has 1 heterocycles.